The average Bonchev–Trinajstić information content (AvgIpc) is 3.15. The highest BCUT2D eigenvalue weighted by Crippen LogP contribution is 2.41. The second kappa shape index (κ2) is 21.5. The van der Waals surface area contributed by atoms with Crippen LogP contribution in [0.4, 0.5) is 0 Å². The number of aliphatic hydroxyl groups excluding tert-OH is 3. The quantitative estimate of drug-likeness (QED) is 0.0778. The van der Waals surface area contributed by atoms with Crippen LogP contribution < -0.4 is 0 Å². The summed E-state index contributed by atoms with van der Waals surface area (Å²) in [5.74, 6) is -4.14. The van der Waals surface area contributed by atoms with E-state index >= 15 is 0 Å². The highest BCUT2D eigenvalue weighted by Gasteiger charge is 2.53. The van der Waals surface area contributed by atoms with Gasteiger partial charge in [0, 0.05) is 44.4 Å². The molecule has 12 unspecified atom stereocenters. The molecule has 3 rings (SSSR count). The molecule has 3 aliphatic heterocycles. The van der Waals surface area contributed by atoms with Gasteiger partial charge in [-0.05, 0) is 74.9 Å². The van der Waals surface area contributed by atoms with Gasteiger partial charge in [0.1, 0.15) is 23.9 Å². The molecule has 58 heavy (non-hydrogen) atoms. The largest absolute Gasteiger partial charge is 0.459 e. The van der Waals surface area contributed by atoms with Gasteiger partial charge in [-0.25, -0.2) is 0 Å². The predicted octanol–water partition coefficient (Wildman–Crippen LogP) is 2.21. The van der Waals surface area contributed by atoms with Gasteiger partial charge in [-0.2, -0.15) is 0 Å². The summed E-state index contributed by atoms with van der Waals surface area (Å²) in [4.78, 5) is 21.8. The molecule has 0 amide bonds. The molecule has 3 heterocycles. The van der Waals surface area contributed by atoms with Gasteiger partial charge in [0.25, 0.3) is 0 Å². The minimum absolute atomic E-state index is 0.0307. The summed E-state index contributed by atoms with van der Waals surface area (Å²) in [5, 5.41) is 63.6. The van der Waals surface area contributed by atoms with E-state index in [1.165, 1.54) is 14.0 Å². The van der Waals surface area contributed by atoms with E-state index in [0.717, 1.165) is 0 Å². The van der Waals surface area contributed by atoms with Gasteiger partial charge in [0.15, 0.2) is 12.6 Å². The van der Waals surface area contributed by atoms with Crippen molar-refractivity contribution in [3.63, 3.8) is 0 Å². The fraction of sp³-hybridized carbons (Fsp3) is 0.951. The molecule has 3 fully saturated rings. The molecular formula is C41H76N2O15. The van der Waals surface area contributed by atoms with Crippen LogP contribution in [0.15, 0.2) is 5.16 Å². The molecule has 0 aromatic carbocycles. The van der Waals surface area contributed by atoms with Crippen LogP contribution in [0.25, 0.3) is 0 Å². The average molecular weight is 837 g/mol. The van der Waals surface area contributed by atoms with E-state index in [0.29, 0.717) is 18.7 Å². The van der Waals surface area contributed by atoms with Crippen molar-refractivity contribution >= 4 is 11.7 Å². The summed E-state index contributed by atoms with van der Waals surface area (Å²) in [5.41, 5.74) is -4.49. The summed E-state index contributed by atoms with van der Waals surface area (Å²) in [6, 6.07) is -0.328. The number of oxime groups is 1. The summed E-state index contributed by atoms with van der Waals surface area (Å²) in [7, 11) is 6.76. The zero-order chi connectivity index (χ0) is 43.9. The number of carbonyl (C=O) groups excluding carboxylic acids is 1. The van der Waals surface area contributed by atoms with Crippen LogP contribution in [0.3, 0.4) is 0 Å². The van der Waals surface area contributed by atoms with E-state index in [1.807, 2.05) is 32.8 Å². The molecule has 3 saturated heterocycles. The Morgan fingerprint density at radius 1 is 0.897 bits per heavy atom. The van der Waals surface area contributed by atoms with Crippen molar-refractivity contribution in [2.24, 2.45) is 28.8 Å². The van der Waals surface area contributed by atoms with Crippen molar-refractivity contribution in [2.45, 2.75) is 179 Å². The van der Waals surface area contributed by atoms with Gasteiger partial charge < -0.3 is 73.2 Å². The second-order valence-corrected chi connectivity index (χ2v) is 17.7. The number of ether oxygens (including phenoxy) is 8. The fourth-order valence-corrected chi connectivity index (χ4v) is 8.93. The molecule has 0 saturated carbocycles. The Morgan fingerprint density at radius 2 is 1.55 bits per heavy atom. The molecular weight excluding hydrogens is 760 g/mol. The van der Waals surface area contributed by atoms with Gasteiger partial charge in [-0.3, -0.25) is 4.79 Å². The summed E-state index contributed by atoms with van der Waals surface area (Å²) in [6.07, 6.45) is -9.49. The standard InChI is InChI=1S/C41H76N2O15/c1-15-29-41(10,49)34(45)24(4)31(42-53-21-52-17-16-50-13)22(2)19-39(8,48)36(58-38-32(44)28(43(11)12)18-23(3)54-38)25(5)33(26(6)37(47)56-29)57-30-20-40(9,51-14)35(46)27(7)55-30/h22-30,32-36,38,44-46,48-49H,15-21H2,1-14H3/t22?,23?,24?,25?,26?,27?,28?,29?,30-,32?,33-,34?,35?,36?,38-,39-,40-,41-/m1/s1. The predicted molar refractivity (Wildman–Crippen MR) is 212 cm³/mol. The van der Waals surface area contributed by atoms with Crippen molar-refractivity contribution in [1.82, 2.24) is 4.90 Å². The van der Waals surface area contributed by atoms with Gasteiger partial charge in [0.2, 0.25) is 6.79 Å². The van der Waals surface area contributed by atoms with E-state index in [4.69, 9.17) is 42.7 Å². The van der Waals surface area contributed by atoms with Gasteiger partial charge >= 0.3 is 5.97 Å². The first-order valence-corrected chi connectivity index (χ1v) is 20.8. The first kappa shape index (κ1) is 50.8. The third-order valence-electron chi connectivity index (χ3n) is 12.6. The molecule has 5 N–H and O–H groups in total. The first-order valence-electron chi connectivity index (χ1n) is 20.8. The molecule has 0 bridgehead atoms. The molecule has 0 aliphatic carbocycles. The van der Waals surface area contributed by atoms with Gasteiger partial charge in [0.05, 0.1) is 66.6 Å². The van der Waals surface area contributed by atoms with Gasteiger partial charge in [-0.15, -0.1) is 0 Å². The number of rotatable bonds is 13. The van der Waals surface area contributed by atoms with Crippen LogP contribution >= 0.6 is 0 Å². The lowest BCUT2D eigenvalue weighted by atomic mass is 9.73. The number of cyclic esters (lactones) is 1. The number of nitrogens with zero attached hydrogens (tertiary/aromatic N) is 2. The summed E-state index contributed by atoms with van der Waals surface area (Å²) >= 11 is 0. The van der Waals surface area contributed by atoms with Crippen LogP contribution in [0.1, 0.15) is 94.9 Å². The first-order chi connectivity index (χ1) is 27.0. The Labute approximate surface area is 345 Å². The maximum absolute atomic E-state index is 14.3. The van der Waals surface area contributed by atoms with Crippen LogP contribution in [0, 0.1) is 23.7 Å². The van der Waals surface area contributed by atoms with Crippen LogP contribution in [0.2, 0.25) is 0 Å². The summed E-state index contributed by atoms with van der Waals surface area (Å²) in [6.45, 7) is 17.3. The molecule has 17 nitrogen and oxygen atoms in total. The number of carbonyl (C=O) groups is 1. The van der Waals surface area contributed by atoms with Crippen LogP contribution in [-0.4, -0.2) is 175 Å². The van der Waals surface area contributed by atoms with Crippen molar-refractivity contribution < 1.29 is 73.1 Å². The molecule has 17 heteroatoms. The zero-order valence-corrected chi connectivity index (χ0v) is 37.3. The number of methoxy groups -OCH3 is 2. The molecule has 0 spiro atoms. The maximum atomic E-state index is 14.3. The van der Waals surface area contributed by atoms with E-state index in [2.05, 4.69) is 5.16 Å². The third kappa shape index (κ3) is 12.1. The second-order valence-electron chi connectivity index (χ2n) is 17.7. The maximum Gasteiger partial charge on any atom is 0.311 e. The fourth-order valence-electron chi connectivity index (χ4n) is 8.93. The lowest BCUT2D eigenvalue weighted by Gasteiger charge is -2.49. The molecule has 340 valence electrons. The number of aliphatic hydroxyl groups is 5. The van der Waals surface area contributed by atoms with E-state index < -0.39 is 102 Å². The molecule has 18 atom stereocenters. The number of hydrogen-bond donors (Lipinski definition) is 5. The number of esters is 1. The Kier molecular flexibility index (Phi) is 18.8. The molecule has 0 radical (unpaired) electrons. The Hall–Kier alpha value is -1.58. The van der Waals surface area contributed by atoms with Crippen LogP contribution in [-0.2, 0) is 47.5 Å². The third-order valence-corrected chi connectivity index (χ3v) is 12.6. The van der Waals surface area contributed by atoms with Crippen molar-refractivity contribution in [3.05, 3.63) is 0 Å². The minimum atomic E-state index is -1.97. The lowest BCUT2D eigenvalue weighted by molar-refractivity contribution is -0.317. The molecule has 0 aromatic heterocycles. The monoisotopic (exact) mass is 837 g/mol. The highest BCUT2D eigenvalue weighted by atomic mass is 16.7. The number of hydrogen-bond acceptors (Lipinski definition) is 17. The number of likely N-dealkylation sites (N-methyl/N-ethyl adjacent to an activating group) is 1. The van der Waals surface area contributed by atoms with Crippen molar-refractivity contribution in [2.75, 3.05) is 48.3 Å². The SMILES string of the molecule is CCC1OC(=O)C(C)[C@H](O[C@@H]2C[C@@](C)(OC)C(O)C(C)O2)C(C)C(O[C@H]2OC(C)CC(N(C)C)C2O)[C@](C)(O)CC(C)C(=NOCOCCOC)C(C)C(O)[C@]1(C)O. The van der Waals surface area contributed by atoms with Crippen molar-refractivity contribution in [3.8, 4) is 0 Å². The van der Waals surface area contributed by atoms with Gasteiger partial charge in [-0.1, -0.05) is 32.9 Å². The molecule has 0 aromatic rings. The molecule has 3 aliphatic rings. The normalized spacial score (nSPS) is 45.8. The Morgan fingerprint density at radius 3 is 2.14 bits per heavy atom. The zero-order valence-electron chi connectivity index (χ0n) is 37.3. The Balaban J connectivity index is 2.22. The lowest BCUT2D eigenvalue weighted by Crippen LogP contribution is -2.61. The van der Waals surface area contributed by atoms with E-state index in [9.17, 15) is 30.3 Å². The highest BCUT2D eigenvalue weighted by molar-refractivity contribution is 5.88. The minimum Gasteiger partial charge on any atom is -0.459 e. The van der Waals surface area contributed by atoms with Crippen molar-refractivity contribution in [1.29, 1.82) is 0 Å². The van der Waals surface area contributed by atoms with Crippen LogP contribution in [0.5, 0.6) is 0 Å². The van der Waals surface area contributed by atoms with E-state index in [1.54, 1.807) is 55.6 Å². The van der Waals surface area contributed by atoms with E-state index in [-0.39, 0.29) is 44.8 Å². The smallest absolute Gasteiger partial charge is 0.311 e. The Bertz CT molecular complexity index is 1300. The topological polar surface area (TPSA) is 217 Å². The summed E-state index contributed by atoms with van der Waals surface area (Å²) < 4.78 is 48.1.